The van der Waals surface area contributed by atoms with Gasteiger partial charge in [-0.1, -0.05) is 72.2 Å². The van der Waals surface area contributed by atoms with Gasteiger partial charge in [0.05, 0.1) is 0 Å². The van der Waals surface area contributed by atoms with Gasteiger partial charge in [0.15, 0.2) is 0 Å². The zero-order chi connectivity index (χ0) is 21.2. The Hall–Kier alpha value is -2.14. The zero-order valence-electron chi connectivity index (χ0n) is 17.5. The van der Waals surface area contributed by atoms with Crippen LogP contribution in [0.2, 0.25) is 0 Å². The number of hydrogen-bond donors (Lipinski definition) is 1. The molecule has 0 saturated heterocycles. The van der Waals surface area contributed by atoms with Crippen LogP contribution in [0.25, 0.3) is 0 Å². The molecule has 0 fully saturated rings. The molecule has 156 valence electrons. The molecule has 0 aromatic heterocycles. The van der Waals surface area contributed by atoms with Gasteiger partial charge in [-0.25, -0.2) is 0 Å². The van der Waals surface area contributed by atoms with Crippen molar-refractivity contribution in [1.29, 1.82) is 0 Å². The van der Waals surface area contributed by atoms with Gasteiger partial charge in [-0.15, -0.1) is 0 Å². The molecule has 0 aliphatic heterocycles. The summed E-state index contributed by atoms with van der Waals surface area (Å²) in [7, 11) is 0. The van der Waals surface area contributed by atoms with Crippen LogP contribution in [-0.2, 0) is 22.6 Å². The summed E-state index contributed by atoms with van der Waals surface area (Å²) >= 11 is 3.45. The highest BCUT2D eigenvalue weighted by molar-refractivity contribution is 9.10. The number of hydrogen-bond acceptors (Lipinski definition) is 2. The first-order valence-corrected chi connectivity index (χ1v) is 11.1. The van der Waals surface area contributed by atoms with Crippen LogP contribution in [0.5, 0.6) is 0 Å². The maximum atomic E-state index is 13.2. The van der Waals surface area contributed by atoms with Gasteiger partial charge in [-0.05, 0) is 43.0 Å². The second-order valence-corrected chi connectivity index (χ2v) is 8.34. The van der Waals surface area contributed by atoms with Crippen LogP contribution >= 0.6 is 15.9 Å². The smallest absolute Gasteiger partial charge is 0.243 e. The lowest BCUT2D eigenvalue weighted by atomic mass is 10.0. The molecular formula is C24H31BrN2O2. The van der Waals surface area contributed by atoms with Gasteiger partial charge in [-0.2, -0.15) is 0 Å². The predicted molar refractivity (Wildman–Crippen MR) is 121 cm³/mol. The van der Waals surface area contributed by atoms with E-state index in [4.69, 9.17) is 0 Å². The van der Waals surface area contributed by atoms with Gasteiger partial charge in [0.2, 0.25) is 11.8 Å². The van der Waals surface area contributed by atoms with E-state index >= 15 is 0 Å². The summed E-state index contributed by atoms with van der Waals surface area (Å²) in [6.45, 7) is 6.43. The molecule has 0 radical (unpaired) electrons. The molecule has 0 spiro atoms. The highest BCUT2D eigenvalue weighted by atomic mass is 79.9. The second-order valence-electron chi connectivity index (χ2n) is 7.42. The molecule has 0 saturated carbocycles. The average molecular weight is 459 g/mol. The minimum absolute atomic E-state index is 0.00986. The van der Waals surface area contributed by atoms with Crippen LogP contribution in [0, 0.1) is 0 Å². The Kier molecular flexibility index (Phi) is 9.39. The molecule has 5 heteroatoms. The largest absolute Gasteiger partial charge is 0.352 e. The van der Waals surface area contributed by atoms with Crippen molar-refractivity contribution in [1.82, 2.24) is 10.2 Å². The fourth-order valence-corrected chi connectivity index (χ4v) is 3.40. The Morgan fingerprint density at radius 3 is 2.24 bits per heavy atom. The third-order valence-corrected chi connectivity index (χ3v) is 5.53. The molecule has 0 aliphatic carbocycles. The number of rotatable bonds is 10. The van der Waals surface area contributed by atoms with Gasteiger partial charge in [-0.3, -0.25) is 9.59 Å². The van der Waals surface area contributed by atoms with Crippen LogP contribution in [0.15, 0.2) is 59.1 Å². The number of benzene rings is 2. The lowest BCUT2D eigenvalue weighted by Crippen LogP contribution is -2.52. The van der Waals surface area contributed by atoms with Crippen molar-refractivity contribution in [3.05, 3.63) is 70.2 Å². The Morgan fingerprint density at radius 2 is 1.66 bits per heavy atom. The van der Waals surface area contributed by atoms with E-state index in [0.717, 1.165) is 28.4 Å². The average Bonchev–Trinajstić information content (AvgIpc) is 2.72. The van der Waals surface area contributed by atoms with Gasteiger partial charge >= 0.3 is 0 Å². The number of carbonyl (C=O) groups is 2. The summed E-state index contributed by atoms with van der Waals surface area (Å²) < 4.78 is 0.989. The third kappa shape index (κ3) is 7.32. The summed E-state index contributed by atoms with van der Waals surface area (Å²) in [6.07, 6.45) is 2.52. The first-order chi connectivity index (χ1) is 13.9. The summed E-state index contributed by atoms with van der Waals surface area (Å²) in [5, 5.41) is 3.08. The topological polar surface area (TPSA) is 49.4 Å². The van der Waals surface area contributed by atoms with Gasteiger partial charge in [0, 0.05) is 29.9 Å². The zero-order valence-corrected chi connectivity index (χ0v) is 19.1. The standard InChI is InChI=1S/C24H31BrN2O2/c1-4-9-23(28)27(17-20-12-14-21(25)15-13-20)22(24(29)26-18(3)5-2)16-19-10-7-6-8-11-19/h6-8,10-15,18,22H,4-5,9,16-17H2,1-3H3,(H,26,29)/t18-,22-/m1/s1. The number of nitrogens with zero attached hydrogens (tertiary/aromatic N) is 1. The highest BCUT2D eigenvalue weighted by Gasteiger charge is 2.30. The number of amides is 2. The normalized spacial score (nSPS) is 12.8. The Balaban J connectivity index is 2.35. The van der Waals surface area contributed by atoms with E-state index in [2.05, 4.69) is 21.2 Å². The van der Waals surface area contributed by atoms with Crippen molar-refractivity contribution in [3.63, 3.8) is 0 Å². The second kappa shape index (κ2) is 11.8. The van der Waals surface area contributed by atoms with Crippen LogP contribution in [0.4, 0.5) is 0 Å². The van der Waals surface area contributed by atoms with Crippen molar-refractivity contribution in [3.8, 4) is 0 Å². The molecule has 29 heavy (non-hydrogen) atoms. The third-order valence-electron chi connectivity index (χ3n) is 5.00. The molecule has 2 aromatic carbocycles. The fraction of sp³-hybridized carbons (Fsp3) is 0.417. The first-order valence-electron chi connectivity index (χ1n) is 10.3. The maximum Gasteiger partial charge on any atom is 0.243 e. The molecule has 4 nitrogen and oxygen atoms in total. The van der Waals surface area contributed by atoms with Crippen molar-refractivity contribution in [2.45, 2.75) is 65.1 Å². The van der Waals surface area contributed by atoms with E-state index < -0.39 is 6.04 Å². The molecule has 2 aromatic rings. The maximum absolute atomic E-state index is 13.2. The van der Waals surface area contributed by atoms with Gasteiger partial charge < -0.3 is 10.2 Å². The molecule has 0 bridgehead atoms. The molecule has 0 heterocycles. The van der Waals surface area contributed by atoms with Crippen molar-refractivity contribution in [2.24, 2.45) is 0 Å². The van der Waals surface area contributed by atoms with Crippen LogP contribution in [0.3, 0.4) is 0 Å². The van der Waals surface area contributed by atoms with E-state index in [0.29, 0.717) is 19.4 Å². The lowest BCUT2D eigenvalue weighted by molar-refractivity contribution is -0.141. The van der Waals surface area contributed by atoms with E-state index in [1.807, 2.05) is 75.4 Å². The molecule has 1 N–H and O–H groups in total. The molecule has 0 unspecified atom stereocenters. The number of nitrogens with one attached hydrogen (secondary N) is 1. The number of halogens is 1. The Labute approximate surface area is 182 Å². The molecule has 2 amide bonds. The fourth-order valence-electron chi connectivity index (χ4n) is 3.14. The summed E-state index contributed by atoms with van der Waals surface area (Å²) in [5.74, 6) is -0.0829. The van der Waals surface area contributed by atoms with Crippen molar-refractivity contribution < 1.29 is 9.59 Å². The van der Waals surface area contributed by atoms with E-state index in [1.54, 1.807) is 4.90 Å². The molecule has 0 aliphatic rings. The Bertz CT molecular complexity index is 777. The van der Waals surface area contributed by atoms with Crippen molar-refractivity contribution in [2.75, 3.05) is 0 Å². The summed E-state index contributed by atoms with van der Waals surface area (Å²) in [6, 6.07) is 17.3. The quantitative estimate of drug-likeness (QED) is 0.537. The minimum Gasteiger partial charge on any atom is -0.352 e. The van der Waals surface area contributed by atoms with E-state index in [9.17, 15) is 9.59 Å². The summed E-state index contributed by atoms with van der Waals surface area (Å²) in [5.41, 5.74) is 2.05. The molecular weight excluding hydrogens is 428 g/mol. The monoisotopic (exact) mass is 458 g/mol. The van der Waals surface area contributed by atoms with Gasteiger partial charge in [0.25, 0.3) is 0 Å². The molecule has 2 atom stereocenters. The van der Waals surface area contributed by atoms with Crippen LogP contribution in [-0.4, -0.2) is 28.8 Å². The van der Waals surface area contributed by atoms with E-state index in [1.165, 1.54) is 0 Å². The Morgan fingerprint density at radius 1 is 1.00 bits per heavy atom. The van der Waals surface area contributed by atoms with Gasteiger partial charge in [0.1, 0.15) is 6.04 Å². The number of carbonyl (C=O) groups excluding carboxylic acids is 2. The predicted octanol–water partition coefficient (Wildman–Crippen LogP) is 5.10. The lowest BCUT2D eigenvalue weighted by Gasteiger charge is -2.32. The van der Waals surface area contributed by atoms with Crippen molar-refractivity contribution >= 4 is 27.7 Å². The SMILES string of the molecule is CCCC(=O)N(Cc1ccc(Br)cc1)[C@H](Cc1ccccc1)C(=O)N[C@H](C)CC. The van der Waals surface area contributed by atoms with E-state index in [-0.39, 0.29) is 17.9 Å². The minimum atomic E-state index is -0.547. The van der Waals surface area contributed by atoms with Crippen LogP contribution in [0.1, 0.15) is 51.2 Å². The van der Waals surface area contributed by atoms with Crippen LogP contribution < -0.4 is 5.32 Å². The molecule has 2 rings (SSSR count). The highest BCUT2D eigenvalue weighted by Crippen LogP contribution is 2.18. The summed E-state index contributed by atoms with van der Waals surface area (Å²) in [4.78, 5) is 28.0. The first kappa shape index (κ1) is 23.1.